The van der Waals surface area contributed by atoms with Gasteiger partial charge in [0.05, 0.1) is 0 Å². The van der Waals surface area contributed by atoms with Crippen LogP contribution in [0.5, 0.6) is 0 Å². The molecule has 0 saturated carbocycles. The van der Waals surface area contributed by atoms with Gasteiger partial charge in [-0.05, 0) is 0 Å². The van der Waals surface area contributed by atoms with Crippen LogP contribution in [0.15, 0.2) is 10.1 Å². The van der Waals surface area contributed by atoms with Gasteiger partial charge >= 0.3 is 6.34 Å². The van der Waals surface area contributed by atoms with Crippen molar-refractivity contribution in [2.75, 3.05) is 7.05 Å². The van der Waals surface area contributed by atoms with Crippen molar-refractivity contribution in [2.45, 2.75) is 13.1 Å². The molecule has 0 amide bonds. The Balaban J connectivity index is 2.69. The fourth-order valence-corrected chi connectivity index (χ4v) is 0.516. The van der Waals surface area contributed by atoms with Crippen LogP contribution in [0.25, 0.3) is 0 Å². The van der Waals surface area contributed by atoms with Gasteiger partial charge in [-0.1, -0.05) is 10.1 Å². The molecule has 0 bridgehead atoms. The second-order valence-corrected chi connectivity index (χ2v) is 1.59. The first-order valence-corrected chi connectivity index (χ1v) is 2.26. The fourth-order valence-electron chi connectivity index (χ4n) is 0.516. The summed E-state index contributed by atoms with van der Waals surface area (Å²) in [6.07, 6.45) is 1.86. The maximum absolute atomic E-state index is 4.00. The quantitative estimate of drug-likeness (QED) is 0.394. The molecule has 7 heavy (non-hydrogen) atoms. The molecule has 1 aliphatic heterocycles. The van der Waals surface area contributed by atoms with Crippen molar-refractivity contribution in [1.29, 1.82) is 0 Å². The van der Waals surface area contributed by atoms with Gasteiger partial charge in [0.25, 0.3) is 6.17 Å². The van der Waals surface area contributed by atoms with E-state index >= 15 is 0 Å². The third-order valence-corrected chi connectivity index (χ3v) is 0.799. The topological polar surface area (TPSA) is 27.7 Å². The van der Waals surface area contributed by atoms with Gasteiger partial charge in [-0.15, -0.1) is 4.70 Å². The number of rotatable bonds is 0. The Labute approximate surface area is 42.4 Å². The molecule has 0 radical (unpaired) electrons. The van der Waals surface area contributed by atoms with E-state index in [9.17, 15) is 0 Å². The largest absolute Gasteiger partial charge is 0.302 e. The zero-order valence-electron chi connectivity index (χ0n) is 4.50. The van der Waals surface area contributed by atoms with Crippen molar-refractivity contribution in [3.63, 3.8) is 0 Å². The molecule has 1 atom stereocenters. The van der Waals surface area contributed by atoms with Crippen LogP contribution in [0.4, 0.5) is 0 Å². The van der Waals surface area contributed by atoms with Crippen LogP contribution in [-0.2, 0) is 0 Å². The SMILES string of the molecule is CC1N=C[N+](C)=N1. The average molecular weight is 98.1 g/mol. The summed E-state index contributed by atoms with van der Waals surface area (Å²) in [5.74, 6) is 0. The molecule has 0 saturated heterocycles. The Morgan fingerprint density at radius 3 is 2.57 bits per heavy atom. The van der Waals surface area contributed by atoms with E-state index in [0.29, 0.717) is 0 Å². The van der Waals surface area contributed by atoms with E-state index in [1.165, 1.54) is 0 Å². The molecule has 0 aromatic carbocycles. The van der Waals surface area contributed by atoms with E-state index in [1.54, 1.807) is 11.0 Å². The molecule has 1 heterocycles. The summed E-state index contributed by atoms with van der Waals surface area (Å²) < 4.78 is 1.71. The summed E-state index contributed by atoms with van der Waals surface area (Å²) in [7, 11) is 1.87. The second-order valence-electron chi connectivity index (χ2n) is 1.59. The summed E-state index contributed by atoms with van der Waals surface area (Å²) in [4.78, 5) is 3.95. The van der Waals surface area contributed by atoms with Crippen molar-refractivity contribution in [3.05, 3.63) is 0 Å². The van der Waals surface area contributed by atoms with Gasteiger partial charge in [0.15, 0.2) is 0 Å². The number of hydrogen-bond acceptors (Lipinski definition) is 2. The third-order valence-electron chi connectivity index (χ3n) is 0.799. The van der Waals surface area contributed by atoms with Gasteiger partial charge in [0.2, 0.25) is 0 Å². The Morgan fingerprint density at radius 2 is 2.43 bits per heavy atom. The molecular formula is C4H8N3+. The Hall–Kier alpha value is -0.730. The van der Waals surface area contributed by atoms with E-state index in [4.69, 9.17) is 0 Å². The average Bonchev–Trinajstić information content (AvgIpc) is 1.87. The Bertz CT molecular complexity index is 125. The molecular weight excluding hydrogens is 90.1 g/mol. The molecule has 0 N–H and O–H groups in total. The van der Waals surface area contributed by atoms with Crippen LogP contribution < -0.4 is 0 Å². The highest BCUT2D eigenvalue weighted by molar-refractivity contribution is 5.44. The van der Waals surface area contributed by atoms with Crippen LogP contribution in [-0.4, -0.2) is 24.2 Å². The van der Waals surface area contributed by atoms with E-state index in [2.05, 4.69) is 10.1 Å². The fraction of sp³-hybridized carbons (Fsp3) is 0.750. The van der Waals surface area contributed by atoms with Crippen LogP contribution in [0.2, 0.25) is 0 Å². The predicted molar refractivity (Wildman–Crippen MR) is 26.6 cm³/mol. The van der Waals surface area contributed by atoms with Crippen LogP contribution in [0.3, 0.4) is 0 Å². The third kappa shape index (κ3) is 0.824. The lowest BCUT2D eigenvalue weighted by Crippen LogP contribution is -1.92. The Morgan fingerprint density at radius 1 is 1.71 bits per heavy atom. The zero-order valence-corrected chi connectivity index (χ0v) is 4.50. The molecule has 1 unspecified atom stereocenters. The second kappa shape index (κ2) is 1.40. The monoisotopic (exact) mass is 98.1 g/mol. The molecule has 3 heteroatoms. The lowest BCUT2D eigenvalue weighted by atomic mass is 10.6. The van der Waals surface area contributed by atoms with Crippen molar-refractivity contribution >= 4 is 6.34 Å². The van der Waals surface area contributed by atoms with Gasteiger partial charge in [0.1, 0.15) is 7.05 Å². The zero-order chi connectivity index (χ0) is 5.28. The minimum absolute atomic E-state index is 0.144. The molecule has 3 nitrogen and oxygen atoms in total. The van der Waals surface area contributed by atoms with Crippen LogP contribution in [0, 0.1) is 0 Å². The summed E-state index contributed by atoms with van der Waals surface area (Å²) in [5, 5.41) is 4.00. The van der Waals surface area contributed by atoms with Gasteiger partial charge in [-0.2, -0.15) is 0 Å². The summed E-state index contributed by atoms with van der Waals surface area (Å²) >= 11 is 0. The number of hydrogen-bond donors (Lipinski definition) is 0. The standard InChI is InChI=1S/C4H8N3/c1-4-5-3-7(2)6-4/h3-4H,1-2H3/q+1. The lowest BCUT2D eigenvalue weighted by Gasteiger charge is -1.75. The minimum atomic E-state index is 0.144. The molecule has 0 aromatic heterocycles. The van der Waals surface area contributed by atoms with Gasteiger partial charge in [-0.3, -0.25) is 0 Å². The number of azo groups is 2. The summed E-state index contributed by atoms with van der Waals surface area (Å²) in [6.45, 7) is 1.94. The van der Waals surface area contributed by atoms with Gasteiger partial charge in [-0.25, -0.2) is 0 Å². The van der Waals surface area contributed by atoms with Gasteiger partial charge < -0.3 is 0 Å². The van der Waals surface area contributed by atoms with Crippen molar-refractivity contribution in [2.24, 2.45) is 10.1 Å². The van der Waals surface area contributed by atoms with E-state index in [-0.39, 0.29) is 6.17 Å². The number of aliphatic imine (C=N–C) groups is 1. The lowest BCUT2D eigenvalue weighted by molar-refractivity contribution is -0.436. The molecule has 1 rings (SSSR count). The molecule has 1 aliphatic rings. The molecule has 38 valence electrons. The smallest absolute Gasteiger partial charge is 0.141 e. The highest BCUT2D eigenvalue weighted by Gasteiger charge is 2.09. The predicted octanol–water partition coefficient (Wildman–Crippen LogP) is 0.469. The van der Waals surface area contributed by atoms with Gasteiger partial charge in [0, 0.05) is 6.92 Å². The van der Waals surface area contributed by atoms with Crippen molar-refractivity contribution in [1.82, 2.24) is 0 Å². The van der Waals surface area contributed by atoms with E-state index in [0.717, 1.165) is 0 Å². The maximum Gasteiger partial charge on any atom is 0.302 e. The first-order chi connectivity index (χ1) is 3.29. The molecule has 0 aromatic rings. The summed E-state index contributed by atoms with van der Waals surface area (Å²) in [5.41, 5.74) is 0. The van der Waals surface area contributed by atoms with Crippen molar-refractivity contribution < 1.29 is 4.70 Å². The van der Waals surface area contributed by atoms with Crippen molar-refractivity contribution in [3.8, 4) is 0 Å². The van der Waals surface area contributed by atoms with E-state index < -0.39 is 0 Å². The Kier molecular flexibility index (Phi) is 0.889. The highest BCUT2D eigenvalue weighted by atomic mass is 15.4. The first-order valence-electron chi connectivity index (χ1n) is 2.26. The highest BCUT2D eigenvalue weighted by Crippen LogP contribution is 1.94. The first kappa shape index (κ1) is 4.43. The van der Waals surface area contributed by atoms with Crippen LogP contribution in [0.1, 0.15) is 6.92 Å². The minimum Gasteiger partial charge on any atom is -0.141 e. The molecule has 0 fully saturated rings. The summed E-state index contributed by atoms with van der Waals surface area (Å²) in [6, 6.07) is 0. The maximum atomic E-state index is 4.00. The van der Waals surface area contributed by atoms with E-state index in [1.807, 2.05) is 14.0 Å². The normalized spacial score (nSPS) is 28.3. The number of nitrogens with zero attached hydrogens (tertiary/aromatic N) is 3. The molecule has 0 spiro atoms. The van der Waals surface area contributed by atoms with Crippen LogP contribution >= 0.6 is 0 Å². The molecule has 0 aliphatic carbocycles.